The van der Waals surface area contributed by atoms with Crippen LogP contribution in [0.25, 0.3) is 11.0 Å². The van der Waals surface area contributed by atoms with E-state index in [-0.39, 0.29) is 12.1 Å². The lowest BCUT2D eigenvalue weighted by molar-refractivity contribution is -0.692. The zero-order valence-corrected chi connectivity index (χ0v) is 15.6. The van der Waals surface area contributed by atoms with E-state index < -0.39 is 0 Å². The van der Waals surface area contributed by atoms with Crippen molar-refractivity contribution < 1.29 is 4.57 Å². The number of hydrogen-bond acceptors (Lipinski definition) is 0. The molecule has 0 saturated carbocycles. The number of fused-ring (bicyclic) bond motifs is 1. The Balaban J connectivity index is 1.92. The molecule has 0 bridgehead atoms. The van der Waals surface area contributed by atoms with Crippen molar-refractivity contribution >= 4 is 11.0 Å². The maximum absolute atomic E-state index is 2.46. The van der Waals surface area contributed by atoms with Crippen LogP contribution in [-0.2, 0) is 0 Å². The Bertz CT molecular complexity index is 934. The zero-order chi connectivity index (χ0) is 18.1. The molecule has 0 radical (unpaired) electrons. The number of nitrogens with zero attached hydrogens (tertiary/aromatic N) is 2. The fourth-order valence-corrected chi connectivity index (χ4v) is 4.08. The van der Waals surface area contributed by atoms with E-state index in [2.05, 4.69) is 115 Å². The third-order valence-corrected chi connectivity index (χ3v) is 5.44. The van der Waals surface area contributed by atoms with Crippen LogP contribution in [0.3, 0.4) is 0 Å². The summed E-state index contributed by atoms with van der Waals surface area (Å²) in [6.45, 7) is 6.80. The molecule has 4 aromatic rings. The third-order valence-electron chi connectivity index (χ3n) is 5.44. The second kappa shape index (κ2) is 6.80. The Kier molecular flexibility index (Phi) is 4.34. The number of hydrogen-bond donors (Lipinski definition) is 0. The van der Waals surface area contributed by atoms with Crippen LogP contribution in [0.15, 0.2) is 84.9 Å². The van der Waals surface area contributed by atoms with Gasteiger partial charge >= 0.3 is 0 Å². The van der Waals surface area contributed by atoms with Gasteiger partial charge in [0.2, 0.25) is 0 Å². The van der Waals surface area contributed by atoms with Crippen molar-refractivity contribution in [2.45, 2.75) is 32.9 Å². The average Bonchev–Trinajstić information content (AvgIpc) is 3.00. The molecule has 0 fully saturated rings. The van der Waals surface area contributed by atoms with Crippen molar-refractivity contribution in [1.82, 2.24) is 4.57 Å². The van der Waals surface area contributed by atoms with Gasteiger partial charge in [0.25, 0.3) is 5.82 Å². The highest BCUT2D eigenvalue weighted by atomic mass is 15.2. The van der Waals surface area contributed by atoms with Gasteiger partial charge in [-0.3, -0.25) is 0 Å². The Morgan fingerprint density at radius 3 is 1.88 bits per heavy atom. The highest BCUT2D eigenvalue weighted by molar-refractivity contribution is 5.72. The number of imidazole rings is 1. The predicted octanol–water partition coefficient (Wildman–Crippen LogP) is 5.46. The van der Waals surface area contributed by atoms with Crippen LogP contribution in [0.4, 0.5) is 0 Å². The molecule has 0 aliphatic rings. The second-order valence-electron chi connectivity index (χ2n) is 6.95. The molecule has 0 N–H and O–H groups in total. The molecule has 0 aliphatic carbocycles. The first kappa shape index (κ1) is 16.6. The summed E-state index contributed by atoms with van der Waals surface area (Å²) in [5.41, 5.74) is 5.22. The molecule has 2 atom stereocenters. The maximum Gasteiger partial charge on any atom is 0.255 e. The van der Waals surface area contributed by atoms with Crippen molar-refractivity contribution in [3.8, 4) is 0 Å². The third kappa shape index (κ3) is 2.72. The highest BCUT2D eigenvalue weighted by Gasteiger charge is 2.29. The lowest BCUT2D eigenvalue weighted by Gasteiger charge is -2.13. The first-order chi connectivity index (χ1) is 12.7. The summed E-state index contributed by atoms with van der Waals surface area (Å²) in [6, 6.07) is 30.8. The smallest absolute Gasteiger partial charge is 0.221 e. The van der Waals surface area contributed by atoms with E-state index in [0.717, 1.165) is 0 Å². The maximum atomic E-state index is 2.46. The molecule has 2 heteroatoms. The van der Waals surface area contributed by atoms with Crippen molar-refractivity contribution in [2.75, 3.05) is 0 Å². The molecule has 1 aromatic heterocycles. The molecule has 26 heavy (non-hydrogen) atoms. The van der Waals surface area contributed by atoms with E-state index in [1.807, 2.05) is 0 Å². The summed E-state index contributed by atoms with van der Waals surface area (Å²) in [7, 11) is 0. The van der Waals surface area contributed by atoms with Gasteiger partial charge in [0, 0.05) is 6.92 Å². The molecule has 130 valence electrons. The van der Waals surface area contributed by atoms with Crippen LogP contribution in [0, 0.1) is 6.92 Å². The van der Waals surface area contributed by atoms with E-state index in [4.69, 9.17) is 0 Å². The number of rotatable bonds is 4. The monoisotopic (exact) mass is 341 g/mol. The Hall–Kier alpha value is -2.87. The Labute approximate surface area is 155 Å². The quantitative estimate of drug-likeness (QED) is 0.436. The minimum atomic E-state index is 0.283. The molecule has 1 heterocycles. The highest BCUT2D eigenvalue weighted by Crippen LogP contribution is 2.27. The van der Waals surface area contributed by atoms with E-state index in [0.29, 0.717) is 0 Å². The SMILES string of the molecule is Cc1n([C@@H](C)c2ccccc2)c2ccccc2[n+]1[C@@H](C)c1ccccc1. The fraction of sp³-hybridized carbons (Fsp3) is 0.208. The van der Waals surface area contributed by atoms with E-state index in [1.165, 1.54) is 28.0 Å². The minimum Gasteiger partial charge on any atom is -0.221 e. The summed E-state index contributed by atoms with van der Waals surface area (Å²) in [5, 5.41) is 0. The molecular weight excluding hydrogens is 316 g/mol. The van der Waals surface area contributed by atoms with Crippen molar-refractivity contribution in [3.63, 3.8) is 0 Å². The molecule has 4 rings (SSSR count). The minimum absolute atomic E-state index is 0.283. The van der Waals surface area contributed by atoms with Gasteiger partial charge in [-0.2, -0.15) is 0 Å². The number of aromatic nitrogens is 2. The first-order valence-electron chi connectivity index (χ1n) is 9.29. The molecule has 2 nitrogen and oxygen atoms in total. The van der Waals surface area contributed by atoms with Gasteiger partial charge in [-0.15, -0.1) is 0 Å². The summed E-state index contributed by atoms with van der Waals surface area (Å²) >= 11 is 0. The molecule has 0 saturated heterocycles. The normalized spacial score (nSPS) is 13.7. The van der Waals surface area contributed by atoms with Crippen LogP contribution in [0.2, 0.25) is 0 Å². The molecule has 0 unspecified atom stereocenters. The van der Waals surface area contributed by atoms with E-state index in [9.17, 15) is 0 Å². The molecule has 0 aliphatic heterocycles. The Morgan fingerprint density at radius 1 is 0.692 bits per heavy atom. The van der Waals surface area contributed by atoms with Crippen LogP contribution in [-0.4, -0.2) is 4.57 Å². The van der Waals surface area contributed by atoms with E-state index in [1.54, 1.807) is 0 Å². The predicted molar refractivity (Wildman–Crippen MR) is 107 cm³/mol. The van der Waals surface area contributed by atoms with Crippen LogP contribution in [0.1, 0.15) is 42.9 Å². The lowest BCUT2D eigenvalue weighted by Crippen LogP contribution is -2.41. The average molecular weight is 341 g/mol. The van der Waals surface area contributed by atoms with Gasteiger partial charge in [0.15, 0.2) is 11.0 Å². The fourth-order valence-electron chi connectivity index (χ4n) is 4.08. The summed E-state index contributed by atoms with van der Waals surface area (Å²) < 4.78 is 4.92. The summed E-state index contributed by atoms with van der Waals surface area (Å²) in [5.74, 6) is 1.28. The van der Waals surface area contributed by atoms with Crippen LogP contribution >= 0.6 is 0 Å². The van der Waals surface area contributed by atoms with Gasteiger partial charge in [-0.25, -0.2) is 9.13 Å². The van der Waals surface area contributed by atoms with Gasteiger partial charge in [0.1, 0.15) is 12.1 Å². The number of para-hydroxylation sites is 2. The topological polar surface area (TPSA) is 8.81 Å². The molecule has 0 amide bonds. The van der Waals surface area contributed by atoms with E-state index >= 15 is 0 Å². The Morgan fingerprint density at radius 2 is 1.23 bits per heavy atom. The molecule has 0 spiro atoms. The van der Waals surface area contributed by atoms with Gasteiger partial charge < -0.3 is 0 Å². The van der Waals surface area contributed by atoms with Gasteiger partial charge in [-0.1, -0.05) is 72.8 Å². The van der Waals surface area contributed by atoms with Crippen molar-refractivity contribution in [1.29, 1.82) is 0 Å². The van der Waals surface area contributed by atoms with Crippen LogP contribution < -0.4 is 4.57 Å². The largest absolute Gasteiger partial charge is 0.255 e. The van der Waals surface area contributed by atoms with Crippen LogP contribution in [0.5, 0.6) is 0 Å². The van der Waals surface area contributed by atoms with Gasteiger partial charge in [0.05, 0.1) is 0 Å². The number of benzene rings is 3. The molecular formula is C24H25N2+. The molecule has 3 aromatic carbocycles. The zero-order valence-electron chi connectivity index (χ0n) is 15.6. The van der Waals surface area contributed by atoms with Crippen molar-refractivity contribution in [2.24, 2.45) is 0 Å². The standard InChI is InChI=1S/C24H25N2/c1-18(21-12-6-4-7-13-21)25-20(3)26(24-17-11-10-16-23(24)25)19(2)22-14-8-5-9-15-22/h4-19H,1-3H3/q+1/t18-,19-/m0/s1. The summed E-state index contributed by atoms with van der Waals surface area (Å²) in [4.78, 5) is 0. The van der Waals surface area contributed by atoms with Gasteiger partial charge in [-0.05, 0) is 37.1 Å². The summed E-state index contributed by atoms with van der Waals surface area (Å²) in [6.07, 6.45) is 0. The van der Waals surface area contributed by atoms with Crippen molar-refractivity contribution in [3.05, 3.63) is 102 Å². The second-order valence-corrected chi connectivity index (χ2v) is 6.95. The lowest BCUT2D eigenvalue weighted by atomic mass is 10.1. The first-order valence-corrected chi connectivity index (χ1v) is 9.29.